The summed E-state index contributed by atoms with van der Waals surface area (Å²) in [7, 11) is 0. The van der Waals surface area contributed by atoms with Crippen molar-refractivity contribution < 1.29 is 4.79 Å². The van der Waals surface area contributed by atoms with Gasteiger partial charge in [-0.1, -0.05) is 66.4 Å². The smallest absolute Gasteiger partial charge is 0.230 e. The van der Waals surface area contributed by atoms with Gasteiger partial charge in [0.15, 0.2) is 4.34 Å². The molecule has 2 rings (SSSR count). The summed E-state index contributed by atoms with van der Waals surface area (Å²) in [5, 5.41) is 14.8. The van der Waals surface area contributed by atoms with Crippen LogP contribution in [0.2, 0.25) is 0 Å². The van der Waals surface area contributed by atoms with Crippen LogP contribution in [0.4, 0.5) is 5.13 Å². The molecule has 122 valence electrons. The third-order valence-electron chi connectivity index (χ3n) is 3.10. The summed E-state index contributed by atoms with van der Waals surface area (Å²) in [6, 6.07) is 10.2. The molecule has 0 aliphatic rings. The Balaban J connectivity index is 1.70. The van der Waals surface area contributed by atoms with Crippen LogP contribution in [-0.4, -0.2) is 34.9 Å². The molecule has 5 nitrogen and oxygen atoms in total. The second-order valence-electron chi connectivity index (χ2n) is 4.95. The SMILES string of the molecule is C=CCNc1nnc(SCC(=O)NC[C@H](C)c2ccccc2)s1. The summed E-state index contributed by atoms with van der Waals surface area (Å²) in [6.07, 6.45) is 1.76. The molecule has 1 amide bonds. The van der Waals surface area contributed by atoms with Crippen molar-refractivity contribution in [3.63, 3.8) is 0 Å². The Bertz CT molecular complexity index is 630. The molecule has 0 aliphatic carbocycles. The largest absolute Gasteiger partial charge is 0.357 e. The van der Waals surface area contributed by atoms with Gasteiger partial charge in [-0.15, -0.1) is 16.8 Å². The lowest BCUT2D eigenvalue weighted by Crippen LogP contribution is -2.28. The van der Waals surface area contributed by atoms with Gasteiger partial charge in [-0.05, 0) is 11.5 Å². The van der Waals surface area contributed by atoms with Crippen LogP contribution >= 0.6 is 23.1 Å². The van der Waals surface area contributed by atoms with E-state index in [0.717, 1.165) is 9.47 Å². The molecular formula is C16H20N4OS2. The Morgan fingerprint density at radius 2 is 2.17 bits per heavy atom. The highest BCUT2D eigenvalue weighted by Crippen LogP contribution is 2.25. The van der Waals surface area contributed by atoms with E-state index in [4.69, 9.17) is 0 Å². The number of thioether (sulfide) groups is 1. The van der Waals surface area contributed by atoms with E-state index in [-0.39, 0.29) is 5.91 Å². The zero-order valence-electron chi connectivity index (χ0n) is 13.0. The molecule has 0 bridgehead atoms. The highest BCUT2D eigenvalue weighted by Gasteiger charge is 2.10. The first-order chi connectivity index (χ1) is 11.2. The van der Waals surface area contributed by atoms with Crippen LogP contribution in [0.5, 0.6) is 0 Å². The maximum absolute atomic E-state index is 11.9. The molecule has 0 saturated carbocycles. The van der Waals surface area contributed by atoms with Crippen molar-refractivity contribution >= 4 is 34.1 Å². The maximum Gasteiger partial charge on any atom is 0.230 e. The van der Waals surface area contributed by atoms with E-state index in [1.807, 2.05) is 18.2 Å². The van der Waals surface area contributed by atoms with E-state index in [1.165, 1.54) is 28.7 Å². The number of aromatic nitrogens is 2. The van der Waals surface area contributed by atoms with Crippen LogP contribution in [0.3, 0.4) is 0 Å². The fourth-order valence-electron chi connectivity index (χ4n) is 1.84. The van der Waals surface area contributed by atoms with Crippen molar-refractivity contribution in [3.05, 3.63) is 48.6 Å². The summed E-state index contributed by atoms with van der Waals surface area (Å²) in [5.41, 5.74) is 1.22. The first kappa shape index (κ1) is 17.5. The van der Waals surface area contributed by atoms with E-state index < -0.39 is 0 Å². The number of carbonyl (C=O) groups excluding carboxylic acids is 1. The van der Waals surface area contributed by atoms with Gasteiger partial charge in [-0.2, -0.15) is 0 Å². The number of nitrogens with one attached hydrogen (secondary N) is 2. The molecule has 0 radical (unpaired) electrons. The van der Waals surface area contributed by atoms with Crippen molar-refractivity contribution in [2.24, 2.45) is 0 Å². The number of rotatable bonds is 9. The van der Waals surface area contributed by atoms with Crippen molar-refractivity contribution in [2.45, 2.75) is 17.2 Å². The molecule has 1 aromatic heterocycles. The average Bonchev–Trinajstić information content (AvgIpc) is 3.04. The van der Waals surface area contributed by atoms with E-state index in [1.54, 1.807) is 6.08 Å². The lowest BCUT2D eigenvalue weighted by molar-refractivity contribution is -0.118. The van der Waals surface area contributed by atoms with Crippen LogP contribution in [-0.2, 0) is 4.79 Å². The van der Waals surface area contributed by atoms with Gasteiger partial charge in [-0.3, -0.25) is 4.79 Å². The normalized spacial score (nSPS) is 11.7. The summed E-state index contributed by atoms with van der Waals surface area (Å²) in [6.45, 7) is 7.02. The zero-order valence-corrected chi connectivity index (χ0v) is 14.6. The number of anilines is 1. The van der Waals surface area contributed by atoms with Gasteiger partial charge in [0.1, 0.15) is 0 Å². The maximum atomic E-state index is 11.9. The molecule has 1 heterocycles. The average molecular weight is 348 g/mol. The molecular weight excluding hydrogens is 328 g/mol. The van der Waals surface area contributed by atoms with Gasteiger partial charge in [0.2, 0.25) is 11.0 Å². The van der Waals surface area contributed by atoms with Gasteiger partial charge >= 0.3 is 0 Å². The molecule has 0 spiro atoms. The number of amides is 1. The first-order valence-corrected chi connectivity index (χ1v) is 9.12. The number of hydrogen-bond acceptors (Lipinski definition) is 6. The topological polar surface area (TPSA) is 66.9 Å². The van der Waals surface area contributed by atoms with E-state index >= 15 is 0 Å². The van der Waals surface area contributed by atoms with Crippen LogP contribution < -0.4 is 10.6 Å². The molecule has 1 atom stereocenters. The van der Waals surface area contributed by atoms with Crippen molar-refractivity contribution in [3.8, 4) is 0 Å². The monoisotopic (exact) mass is 348 g/mol. The Labute approximate surface area is 144 Å². The fourth-order valence-corrected chi connectivity index (χ4v) is 3.43. The molecule has 0 aliphatic heterocycles. The number of nitrogens with zero attached hydrogens (tertiary/aromatic N) is 2. The lowest BCUT2D eigenvalue weighted by atomic mass is 10.0. The highest BCUT2D eigenvalue weighted by molar-refractivity contribution is 8.01. The predicted octanol–water partition coefficient (Wildman–Crippen LogP) is 3.15. The minimum absolute atomic E-state index is 0.00795. The summed E-state index contributed by atoms with van der Waals surface area (Å²) >= 11 is 2.84. The third kappa shape index (κ3) is 6.03. The zero-order chi connectivity index (χ0) is 16.5. The van der Waals surface area contributed by atoms with Crippen molar-refractivity contribution in [1.82, 2.24) is 15.5 Å². The fraction of sp³-hybridized carbons (Fsp3) is 0.312. The molecule has 0 unspecified atom stereocenters. The minimum Gasteiger partial charge on any atom is -0.357 e. The Hall–Kier alpha value is -1.86. The van der Waals surface area contributed by atoms with Crippen LogP contribution in [0.15, 0.2) is 47.3 Å². The first-order valence-electron chi connectivity index (χ1n) is 7.31. The number of benzene rings is 1. The minimum atomic E-state index is 0.00795. The summed E-state index contributed by atoms with van der Waals surface area (Å²) in [4.78, 5) is 11.9. The van der Waals surface area contributed by atoms with Gasteiger partial charge in [0.25, 0.3) is 0 Å². The van der Waals surface area contributed by atoms with Gasteiger partial charge in [0.05, 0.1) is 5.75 Å². The number of hydrogen-bond donors (Lipinski definition) is 2. The van der Waals surface area contributed by atoms with E-state index in [0.29, 0.717) is 24.8 Å². The summed E-state index contributed by atoms with van der Waals surface area (Å²) in [5.74, 6) is 0.646. The molecule has 0 fully saturated rings. The second kappa shape index (κ2) is 9.32. The lowest BCUT2D eigenvalue weighted by Gasteiger charge is -2.12. The molecule has 0 saturated heterocycles. The Morgan fingerprint density at radius 3 is 2.91 bits per heavy atom. The third-order valence-corrected chi connectivity index (χ3v) is 5.12. The summed E-state index contributed by atoms with van der Waals surface area (Å²) < 4.78 is 0.780. The standard InChI is InChI=1S/C16H20N4OS2/c1-3-9-17-15-19-20-16(23-15)22-11-14(21)18-10-12(2)13-7-5-4-6-8-13/h3-8,12H,1,9-11H2,2H3,(H,17,19)(H,18,21)/t12-/m0/s1. The molecule has 2 aromatic rings. The van der Waals surface area contributed by atoms with Crippen LogP contribution in [0.1, 0.15) is 18.4 Å². The van der Waals surface area contributed by atoms with Crippen molar-refractivity contribution in [2.75, 3.05) is 24.2 Å². The van der Waals surface area contributed by atoms with E-state index in [2.05, 4.69) is 46.5 Å². The molecule has 2 N–H and O–H groups in total. The van der Waals surface area contributed by atoms with Gasteiger partial charge in [0, 0.05) is 13.1 Å². The molecule has 23 heavy (non-hydrogen) atoms. The van der Waals surface area contributed by atoms with Gasteiger partial charge in [-0.25, -0.2) is 0 Å². The second-order valence-corrected chi connectivity index (χ2v) is 7.15. The quantitative estimate of drug-likeness (QED) is 0.538. The Kier molecular flexibility index (Phi) is 7.09. The van der Waals surface area contributed by atoms with Crippen molar-refractivity contribution in [1.29, 1.82) is 0 Å². The molecule has 7 heteroatoms. The Morgan fingerprint density at radius 1 is 1.39 bits per heavy atom. The van der Waals surface area contributed by atoms with Crippen LogP contribution in [0, 0.1) is 0 Å². The predicted molar refractivity (Wildman–Crippen MR) is 97.2 cm³/mol. The van der Waals surface area contributed by atoms with Crippen LogP contribution in [0.25, 0.3) is 0 Å². The highest BCUT2D eigenvalue weighted by atomic mass is 32.2. The van der Waals surface area contributed by atoms with E-state index in [9.17, 15) is 4.79 Å². The molecule has 1 aromatic carbocycles. The van der Waals surface area contributed by atoms with Gasteiger partial charge < -0.3 is 10.6 Å². The number of carbonyl (C=O) groups is 1.